The van der Waals surface area contributed by atoms with Gasteiger partial charge in [-0.1, -0.05) is 0 Å². The lowest BCUT2D eigenvalue weighted by Gasteiger charge is -2.27. The number of fused-ring (bicyclic) bond motifs is 1. The first-order chi connectivity index (χ1) is 6.18. The highest BCUT2D eigenvalue weighted by molar-refractivity contribution is 5.38. The van der Waals surface area contributed by atoms with E-state index in [0.717, 1.165) is 0 Å². The van der Waals surface area contributed by atoms with Crippen molar-refractivity contribution in [1.29, 1.82) is 0 Å². The average molecular weight is 183 g/mol. The fourth-order valence-electron chi connectivity index (χ4n) is 1.39. The number of rotatable bonds is 0. The van der Waals surface area contributed by atoms with Crippen molar-refractivity contribution in [1.82, 2.24) is 0 Å². The molecule has 0 fully saturated rings. The molecule has 3 N–H and O–H groups in total. The molecule has 0 bridgehead atoms. The largest absolute Gasteiger partial charge is 0.491 e. The van der Waals surface area contributed by atoms with Crippen molar-refractivity contribution in [2.75, 3.05) is 6.61 Å². The number of benzene rings is 1. The van der Waals surface area contributed by atoms with Crippen LogP contribution in [0.15, 0.2) is 18.2 Å². The summed E-state index contributed by atoms with van der Waals surface area (Å²) >= 11 is 0. The van der Waals surface area contributed by atoms with Gasteiger partial charge in [-0.05, 0) is 18.2 Å². The Morgan fingerprint density at radius 1 is 1.54 bits per heavy atom. The fourth-order valence-corrected chi connectivity index (χ4v) is 1.39. The van der Waals surface area contributed by atoms with Crippen LogP contribution in [-0.4, -0.2) is 17.8 Å². The van der Waals surface area contributed by atoms with Crippen molar-refractivity contribution >= 4 is 0 Å². The molecule has 0 spiro atoms. The third-order valence-electron chi connectivity index (χ3n) is 2.13. The Labute approximate surface area is 74.9 Å². The third kappa shape index (κ3) is 1.38. The van der Waals surface area contributed by atoms with Crippen molar-refractivity contribution in [3.8, 4) is 5.75 Å². The van der Waals surface area contributed by atoms with E-state index in [9.17, 15) is 9.50 Å². The van der Waals surface area contributed by atoms with Crippen molar-refractivity contribution in [3.05, 3.63) is 29.6 Å². The Morgan fingerprint density at radius 3 is 3.08 bits per heavy atom. The van der Waals surface area contributed by atoms with E-state index in [0.29, 0.717) is 11.3 Å². The molecule has 13 heavy (non-hydrogen) atoms. The maximum Gasteiger partial charge on any atom is 0.125 e. The van der Waals surface area contributed by atoms with Gasteiger partial charge in [0.1, 0.15) is 24.3 Å². The molecule has 0 amide bonds. The fraction of sp³-hybridized carbons (Fsp3) is 0.333. The van der Waals surface area contributed by atoms with Crippen LogP contribution in [0.4, 0.5) is 4.39 Å². The van der Waals surface area contributed by atoms with E-state index in [1.807, 2.05) is 0 Å². The molecule has 70 valence electrons. The maximum atomic E-state index is 12.8. The summed E-state index contributed by atoms with van der Waals surface area (Å²) in [6.07, 6.45) is -0.834. The zero-order chi connectivity index (χ0) is 9.42. The van der Waals surface area contributed by atoms with Crippen LogP contribution in [0, 0.1) is 5.82 Å². The molecule has 0 aromatic heterocycles. The summed E-state index contributed by atoms with van der Waals surface area (Å²) in [4.78, 5) is 0. The van der Waals surface area contributed by atoms with Crippen molar-refractivity contribution in [2.24, 2.45) is 5.73 Å². The lowest BCUT2D eigenvalue weighted by Crippen LogP contribution is -2.38. The number of hydrogen-bond donors (Lipinski definition) is 2. The van der Waals surface area contributed by atoms with Crippen LogP contribution in [-0.2, 0) is 0 Å². The Balaban J connectivity index is 2.45. The molecule has 1 aromatic carbocycles. The molecular formula is C9H10FNO2. The highest BCUT2D eigenvalue weighted by atomic mass is 19.1. The second-order valence-electron chi connectivity index (χ2n) is 3.10. The highest BCUT2D eigenvalue weighted by Crippen LogP contribution is 2.31. The number of hydrogen-bond acceptors (Lipinski definition) is 3. The SMILES string of the molecule is N[C@H]1COc2ccc(F)cc2[C@@H]1O. The van der Waals surface area contributed by atoms with Crippen molar-refractivity contribution in [3.63, 3.8) is 0 Å². The predicted octanol–water partition coefficient (Wildman–Crippen LogP) is 0.579. The molecule has 0 aliphatic carbocycles. The molecule has 1 heterocycles. The van der Waals surface area contributed by atoms with E-state index in [-0.39, 0.29) is 6.61 Å². The zero-order valence-corrected chi connectivity index (χ0v) is 6.90. The van der Waals surface area contributed by atoms with Gasteiger partial charge >= 0.3 is 0 Å². The average Bonchev–Trinajstić information content (AvgIpc) is 2.12. The van der Waals surface area contributed by atoms with Crippen LogP contribution in [0.3, 0.4) is 0 Å². The highest BCUT2D eigenvalue weighted by Gasteiger charge is 2.26. The van der Waals surface area contributed by atoms with E-state index >= 15 is 0 Å². The topological polar surface area (TPSA) is 55.5 Å². The molecule has 2 atom stereocenters. The maximum absolute atomic E-state index is 12.8. The normalized spacial score (nSPS) is 26.4. The first-order valence-corrected chi connectivity index (χ1v) is 4.04. The summed E-state index contributed by atoms with van der Waals surface area (Å²) in [7, 11) is 0. The summed E-state index contributed by atoms with van der Waals surface area (Å²) in [6.45, 7) is 0.264. The first-order valence-electron chi connectivity index (χ1n) is 4.04. The van der Waals surface area contributed by atoms with Gasteiger partial charge in [-0.25, -0.2) is 4.39 Å². The molecule has 1 aliphatic rings. The third-order valence-corrected chi connectivity index (χ3v) is 2.13. The second kappa shape index (κ2) is 2.97. The number of aliphatic hydroxyl groups is 1. The Morgan fingerprint density at radius 2 is 2.31 bits per heavy atom. The Hall–Kier alpha value is -1.13. The predicted molar refractivity (Wildman–Crippen MR) is 44.8 cm³/mol. The lowest BCUT2D eigenvalue weighted by molar-refractivity contribution is 0.0911. The van der Waals surface area contributed by atoms with Gasteiger partial charge in [-0.3, -0.25) is 0 Å². The molecule has 1 aromatic rings. The second-order valence-corrected chi connectivity index (χ2v) is 3.10. The summed E-state index contributed by atoms with van der Waals surface area (Å²) in [5, 5.41) is 9.58. The van der Waals surface area contributed by atoms with Crippen LogP contribution in [0.5, 0.6) is 5.75 Å². The van der Waals surface area contributed by atoms with Gasteiger partial charge in [0.25, 0.3) is 0 Å². The number of halogens is 1. The van der Waals surface area contributed by atoms with Gasteiger partial charge in [-0.15, -0.1) is 0 Å². The van der Waals surface area contributed by atoms with Crippen LogP contribution in [0.25, 0.3) is 0 Å². The minimum Gasteiger partial charge on any atom is -0.491 e. The minimum absolute atomic E-state index is 0.264. The molecular weight excluding hydrogens is 173 g/mol. The molecule has 0 saturated heterocycles. The van der Waals surface area contributed by atoms with Gasteiger partial charge in [0.15, 0.2) is 0 Å². The zero-order valence-electron chi connectivity index (χ0n) is 6.90. The Bertz CT molecular complexity index is 329. The molecule has 2 rings (SSSR count). The first kappa shape index (κ1) is 8.47. The molecule has 1 aliphatic heterocycles. The van der Waals surface area contributed by atoms with Gasteiger partial charge in [0.2, 0.25) is 0 Å². The van der Waals surface area contributed by atoms with Gasteiger partial charge in [0, 0.05) is 5.56 Å². The standard InChI is InChI=1S/C9H10FNO2/c10-5-1-2-8-6(3-5)9(12)7(11)4-13-8/h1-3,7,9,12H,4,11H2/t7-,9-/m0/s1. The van der Waals surface area contributed by atoms with Crippen LogP contribution < -0.4 is 10.5 Å². The summed E-state index contributed by atoms with van der Waals surface area (Å²) in [5.74, 6) is 0.117. The smallest absolute Gasteiger partial charge is 0.125 e. The summed E-state index contributed by atoms with van der Waals surface area (Å²) in [5.41, 5.74) is 5.98. The van der Waals surface area contributed by atoms with E-state index in [1.54, 1.807) is 0 Å². The number of aliphatic hydroxyl groups excluding tert-OH is 1. The molecule has 0 saturated carbocycles. The number of nitrogens with two attached hydrogens (primary N) is 1. The quantitative estimate of drug-likeness (QED) is 0.618. The lowest BCUT2D eigenvalue weighted by atomic mass is 10.00. The van der Waals surface area contributed by atoms with Gasteiger partial charge < -0.3 is 15.6 Å². The molecule has 3 nitrogen and oxygen atoms in total. The van der Waals surface area contributed by atoms with E-state index in [2.05, 4.69) is 0 Å². The minimum atomic E-state index is -0.834. The van der Waals surface area contributed by atoms with Crippen molar-refractivity contribution in [2.45, 2.75) is 12.1 Å². The van der Waals surface area contributed by atoms with Gasteiger partial charge in [-0.2, -0.15) is 0 Å². The molecule has 0 radical (unpaired) electrons. The summed E-state index contributed by atoms with van der Waals surface area (Å²) in [6, 6.07) is 3.57. The van der Waals surface area contributed by atoms with Crippen LogP contribution in [0.1, 0.15) is 11.7 Å². The number of ether oxygens (including phenoxy) is 1. The monoisotopic (exact) mass is 183 g/mol. The van der Waals surface area contributed by atoms with Gasteiger partial charge in [0.05, 0.1) is 6.04 Å². The molecule has 4 heteroatoms. The molecule has 0 unspecified atom stereocenters. The Kier molecular flexibility index (Phi) is 1.94. The van der Waals surface area contributed by atoms with E-state index < -0.39 is 18.0 Å². The summed E-state index contributed by atoms with van der Waals surface area (Å²) < 4.78 is 18.0. The van der Waals surface area contributed by atoms with Crippen molar-refractivity contribution < 1.29 is 14.2 Å². The van der Waals surface area contributed by atoms with Crippen LogP contribution >= 0.6 is 0 Å². The van der Waals surface area contributed by atoms with Crippen LogP contribution in [0.2, 0.25) is 0 Å². The van der Waals surface area contributed by atoms with E-state index in [4.69, 9.17) is 10.5 Å². The van der Waals surface area contributed by atoms with E-state index in [1.165, 1.54) is 18.2 Å².